The van der Waals surface area contributed by atoms with E-state index in [1.54, 1.807) is 0 Å². The zero-order valence-electron chi connectivity index (χ0n) is 17.5. The first kappa shape index (κ1) is 19.1. The van der Waals surface area contributed by atoms with Crippen LogP contribution in [-0.4, -0.2) is 54.1 Å². The molecule has 0 amide bonds. The number of aromatic nitrogens is 2. The van der Waals surface area contributed by atoms with Gasteiger partial charge < -0.3 is 9.80 Å². The molecular formula is C25H29N5. The number of hydrogen-bond acceptors (Lipinski definition) is 5. The fourth-order valence-corrected chi connectivity index (χ4v) is 4.44. The number of para-hydroxylation sites is 1. The van der Waals surface area contributed by atoms with E-state index in [0.29, 0.717) is 0 Å². The largest absolute Gasteiger partial charge is 0.368 e. The highest BCUT2D eigenvalue weighted by Gasteiger charge is 2.22. The van der Waals surface area contributed by atoms with Crippen molar-refractivity contribution in [3.63, 3.8) is 0 Å². The lowest BCUT2D eigenvalue weighted by atomic mass is 10.1. The summed E-state index contributed by atoms with van der Waals surface area (Å²) < 4.78 is 0. The van der Waals surface area contributed by atoms with Crippen molar-refractivity contribution < 1.29 is 0 Å². The second kappa shape index (κ2) is 8.84. The van der Waals surface area contributed by atoms with E-state index in [0.717, 1.165) is 64.6 Å². The lowest BCUT2D eigenvalue weighted by Gasteiger charge is -2.36. The molecule has 0 aliphatic carbocycles. The van der Waals surface area contributed by atoms with Gasteiger partial charge in [0.05, 0.1) is 5.69 Å². The van der Waals surface area contributed by atoms with Crippen LogP contribution >= 0.6 is 0 Å². The maximum absolute atomic E-state index is 4.96. The molecule has 2 aromatic carbocycles. The highest BCUT2D eigenvalue weighted by atomic mass is 15.3. The highest BCUT2D eigenvalue weighted by molar-refractivity contribution is 5.48. The van der Waals surface area contributed by atoms with E-state index in [1.165, 1.54) is 22.5 Å². The topological polar surface area (TPSA) is 35.5 Å². The van der Waals surface area contributed by atoms with Crippen LogP contribution in [0.25, 0.3) is 0 Å². The smallest absolute Gasteiger partial charge is 0.225 e. The molecular weight excluding hydrogens is 370 g/mol. The molecule has 154 valence electrons. The molecule has 1 aromatic heterocycles. The second-order valence-electron chi connectivity index (χ2n) is 8.21. The molecule has 1 saturated heterocycles. The van der Waals surface area contributed by atoms with Crippen LogP contribution in [0, 0.1) is 0 Å². The van der Waals surface area contributed by atoms with Gasteiger partial charge in [-0.2, -0.15) is 0 Å². The number of rotatable bonds is 5. The first-order valence-corrected chi connectivity index (χ1v) is 11.0. The molecule has 0 atom stereocenters. The van der Waals surface area contributed by atoms with Gasteiger partial charge in [-0.3, -0.25) is 4.90 Å². The molecule has 3 heterocycles. The predicted molar refractivity (Wildman–Crippen MR) is 122 cm³/mol. The Morgan fingerprint density at radius 2 is 1.47 bits per heavy atom. The van der Waals surface area contributed by atoms with Gasteiger partial charge in [-0.05, 0) is 24.1 Å². The fourth-order valence-electron chi connectivity index (χ4n) is 4.44. The van der Waals surface area contributed by atoms with Crippen molar-refractivity contribution >= 4 is 11.6 Å². The molecule has 0 bridgehead atoms. The van der Waals surface area contributed by atoms with Gasteiger partial charge in [-0.25, -0.2) is 9.97 Å². The number of nitrogens with zero attached hydrogens (tertiary/aromatic N) is 5. The maximum Gasteiger partial charge on any atom is 0.225 e. The molecule has 5 rings (SSSR count). The standard InChI is InChI=1S/C25H29N5/c1-3-7-21(8-4-1)11-13-28-14-12-24-22(20-28)19-26-25(27-24)30-17-15-29(16-18-30)23-9-5-2-6-10-23/h1-10,19H,11-18,20H2. The van der Waals surface area contributed by atoms with E-state index in [2.05, 4.69) is 81.6 Å². The number of anilines is 2. The van der Waals surface area contributed by atoms with Crippen LogP contribution in [-0.2, 0) is 19.4 Å². The fraction of sp³-hybridized carbons (Fsp3) is 0.360. The summed E-state index contributed by atoms with van der Waals surface area (Å²) in [6, 6.07) is 21.4. The third-order valence-electron chi connectivity index (χ3n) is 6.24. The average Bonchev–Trinajstić information content (AvgIpc) is 2.84. The molecule has 0 saturated carbocycles. The van der Waals surface area contributed by atoms with Gasteiger partial charge in [0.25, 0.3) is 0 Å². The second-order valence-corrected chi connectivity index (χ2v) is 8.21. The first-order chi connectivity index (χ1) is 14.8. The number of piperazine rings is 1. The third kappa shape index (κ3) is 4.31. The van der Waals surface area contributed by atoms with Crippen molar-refractivity contribution in [3.05, 3.63) is 83.7 Å². The molecule has 5 nitrogen and oxygen atoms in total. The van der Waals surface area contributed by atoms with Gasteiger partial charge in [0.15, 0.2) is 0 Å². The van der Waals surface area contributed by atoms with Gasteiger partial charge in [-0.15, -0.1) is 0 Å². The van der Waals surface area contributed by atoms with Crippen LogP contribution in [0.4, 0.5) is 11.6 Å². The minimum Gasteiger partial charge on any atom is -0.368 e. The number of fused-ring (bicyclic) bond motifs is 1. The molecule has 3 aromatic rings. The van der Waals surface area contributed by atoms with Crippen molar-refractivity contribution in [1.29, 1.82) is 0 Å². The predicted octanol–water partition coefficient (Wildman–Crippen LogP) is 3.40. The van der Waals surface area contributed by atoms with Crippen LogP contribution in [0.3, 0.4) is 0 Å². The molecule has 1 fully saturated rings. The van der Waals surface area contributed by atoms with Crippen LogP contribution in [0.5, 0.6) is 0 Å². The van der Waals surface area contributed by atoms with Crippen LogP contribution < -0.4 is 9.80 Å². The minimum absolute atomic E-state index is 0.902. The summed E-state index contributed by atoms with van der Waals surface area (Å²) in [4.78, 5) is 17.0. The lowest BCUT2D eigenvalue weighted by Crippen LogP contribution is -2.47. The quantitative estimate of drug-likeness (QED) is 0.657. The molecule has 0 spiro atoms. The maximum atomic E-state index is 4.96. The number of benzene rings is 2. The summed E-state index contributed by atoms with van der Waals surface area (Å²) in [6.45, 7) is 7.10. The van der Waals surface area contributed by atoms with Crippen molar-refractivity contribution in [1.82, 2.24) is 14.9 Å². The van der Waals surface area contributed by atoms with Gasteiger partial charge in [0.2, 0.25) is 5.95 Å². The summed E-state index contributed by atoms with van der Waals surface area (Å²) >= 11 is 0. The van der Waals surface area contributed by atoms with E-state index < -0.39 is 0 Å². The Morgan fingerprint density at radius 3 is 2.23 bits per heavy atom. The Kier molecular flexibility index (Phi) is 5.62. The Morgan fingerprint density at radius 1 is 0.767 bits per heavy atom. The summed E-state index contributed by atoms with van der Waals surface area (Å²) in [5, 5.41) is 0. The highest BCUT2D eigenvalue weighted by Crippen LogP contribution is 2.22. The van der Waals surface area contributed by atoms with Crippen molar-refractivity contribution in [2.75, 3.05) is 49.1 Å². The molecule has 2 aliphatic heterocycles. The van der Waals surface area contributed by atoms with Gasteiger partial charge in [-0.1, -0.05) is 48.5 Å². The lowest BCUT2D eigenvalue weighted by molar-refractivity contribution is 0.254. The van der Waals surface area contributed by atoms with Crippen LogP contribution in [0.1, 0.15) is 16.8 Å². The molecule has 30 heavy (non-hydrogen) atoms. The Balaban J connectivity index is 1.18. The third-order valence-corrected chi connectivity index (χ3v) is 6.24. The Labute approximate surface area is 179 Å². The van der Waals surface area contributed by atoms with Crippen LogP contribution in [0.15, 0.2) is 66.9 Å². The van der Waals surface area contributed by atoms with E-state index in [-0.39, 0.29) is 0 Å². The summed E-state index contributed by atoms with van der Waals surface area (Å²) in [5.41, 5.74) is 5.24. The minimum atomic E-state index is 0.902. The van der Waals surface area contributed by atoms with Gasteiger partial charge in [0, 0.05) is 69.7 Å². The normalized spacial score (nSPS) is 17.1. The van der Waals surface area contributed by atoms with E-state index in [9.17, 15) is 0 Å². The zero-order valence-corrected chi connectivity index (χ0v) is 17.5. The molecule has 5 heteroatoms. The summed E-state index contributed by atoms with van der Waals surface area (Å²) in [6.07, 6.45) is 4.18. The van der Waals surface area contributed by atoms with Crippen LogP contribution in [0.2, 0.25) is 0 Å². The van der Waals surface area contributed by atoms with Crippen molar-refractivity contribution in [2.45, 2.75) is 19.4 Å². The van der Waals surface area contributed by atoms with Crippen molar-refractivity contribution in [3.8, 4) is 0 Å². The SMILES string of the molecule is c1ccc(CCN2CCc3nc(N4CCN(c5ccccc5)CC4)ncc3C2)cc1. The molecule has 2 aliphatic rings. The molecule has 0 unspecified atom stereocenters. The Hall–Kier alpha value is -2.92. The van der Waals surface area contributed by atoms with Gasteiger partial charge >= 0.3 is 0 Å². The average molecular weight is 400 g/mol. The first-order valence-electron chi connectivity index (χ1n) is 11.0. The monoisotopic (exact) mass is 399 g/mol. The summed E-state index contributed by atoms with van der Waals surface area (Å²) in [7, 11) is 0. The Bertz CT molecular complexity index is 952. The number of hydrogen-bond donors (Lipinski definition) is 0. The van der Waals surface area contributed by atoms with Crippen molar-refractivity contribution in [2.24, 2.45) is 0 Å². The molecule has 0 N–H and O–H groups in total. The van der Waals surface area contributed by atoms with Gasteiger partial charge in [0.1, 0.15) is 0 Å². The van der Waals surface area contributed by atoms with E-state index >= 15 is 0 Å². The van der Waals surface area contributed by atoms with E-state index in [4.69, 9.17) is 9.97 Å². The molecule has 0 radical (unpaired) electrons. The summed E-state index contributed by atoms with van der Waals surface area (Å²) in [5.74, 6) is 0.902. The van der Waals surface area contributed by atoms with E-state index in [1.807, 2.05) is 0 Å². The zero-order chi connectivity index (χ0) is 20.2.